The van der Waals surface area contributed by atoms with E-state index in [1.54, 1.807) is 0 Å². The smallest absolute Gasteiger partial charge is 0.126 e. The van der Waals surface area contributed by atoms with Crippen molar-refractivity contribution in [1.29, 1.82) is 0 Å². The summed E-state index contributed by atoms with van der Waals surface area (Å²) in [4.78, 5) is 9.64. The molecule has 0 radical (unpaired) electrons. The second-order valence-corrected chi connectivity index (χ2v) is 6.21. The Morgan fingerprint density at radius 3 is 2.86 bits per heavy atom. The summed E-state index contributed by atoms with van der Waals surface area (Å²) in [6.07, 6.45) is 2.37. The van der Waals surface area contributed by atoms with Crippen molar-refractivity contribution in [2.24, 2.45) is 0 Å². The SMILES string of the molecule is CCNc1ccc(Cl)c(CN2CCCN(C)CC2CC)n1. The lowest BCUT2D eigenvalue weighted by atomic mass is 10.1. The van der Waals surface area contributed by atoms with E-state index < -0.39 is 0 Å². The van der Waals surface area contributed by atoms with Crippen LogP contribution in [0.2, 0.25) is 5.02 Å². The molecule has 1 N–H and O–H groups in total. The van der Waals surface area contributed by atoms with Crippen molar-refractivity contribution in [3.05, 3.63) is 22.8 Å². The van der Waals surface area contributed by atoms with Gasteiger partial charge in [-0.25, -0.2) is 4.98 Å². The first-order valence-electron chi connectivity index (χ1n) is 7.96. The molecular formula is C16H27ClN4. The van der Waals surface area contributed by atoms with E-state index in [2.05, 4.69) is 41.0 Å². The summed E-state index contributed by atoms with van der Waals surface area (Å²) in [6, 6.07) is 4.48. The van der Waals surface area contributed by atoms with Crippen LogP contribution in [0.5, 0.6) is 0 Å². The molecule has 5 heteroatoms. The van der Waals surface area contributed by atoms with E-state index >= 15 is 0 Å². The Kier molecular flexibility index (Phi) is 6.27. The molecule has 0 aliphatic carbocycles. The molecule has 1 aromatic rings. The minimum absolute atomic E-state index is 0.582. The maximum Gasteiger partial charge on any atom is 0.126 e. The molecule has 4 nitrogen and oxygen atoms in total. The quantitative estimate of drug-likeness (QED) is 0.905. The van der Waals surface area contributed by atoms with E-state index in [1.165, 1.54) is 13.0 Å². The van der Waals surface area contributed by atoms with Crippen molar-refractivity contribution in [1.82, 2.24) is 14.8 Å². The van der Waals surface area contributed by atoms with Crippen molar-refractivity contribution in [2.45, 2.75) is 39.3 Å². The summed E-state index contributed by atoms with van der Waals surface area (Å²) < 4.78 is 0. The highest BCUT2D eigenvalue weighted by Crippen LogP contribution is 2.21. The average molecular weight is 311 g/mol. The van der Waals surface area contributed by atoms with E-state index in [0.717, 1.165) is 49.1 Å². The van der Waals surface area contributed by atoms with Crippen LogP contribution in [-0.2, 0) is 6.54 Å². The van der Waals surface area contributed by atoms with Crippen LogP contribution in [0.15, 0.2) is 12.1 Å². The molecule has 1 unspecified atom stereocenters. The van der Waals surface area contributed by atoms with Crippen LogP contribution in [0.4, 0.5) is 5.82 Å². The van der Waals surface area contributed by atoms with Crippen LogP contribution in [0.25, 0.3) is 0 Å². The van der Waals surface area contributed by atoms with Gasteiger partial charge in [0.15, 0.2) is 0 Å². The third-order valence-corrected chi connectivity index (χ3v) is 4.47. The molecule has 1 fully saturated rings. The molecule has 2 heterocycles. The lowest BCUT2D eigenvalue weighted by Gasteiger charge is -2.30. The average Bonchev–Trinajstić information content (AvgIpc) is 2.64. The van der Waals surface area contributed by atoms with Gasteiger partial charge in [0.25, 0.3) is 0 Å². The molecule has 118 valence electrons. The fraction of sp³-hybridized carbons (Fsp3) is 0.688. The number of nitrogens with zero attached hydrogens (tertiary/aromatic N) is 3. The topological polar surface area (TPSA) is 31.4 Å². The largest absolute Gasteiger partial charge is 0.370 e. The molecule has 0 aromatic carbocycles. The number of halogens is 1. The number of hydrogen-bond acceptors (Lipinski definition) is 4. The second-order valence-electron chi connectivity index (χ2n) is 5.80. The van der Waals surface area contributed by atoms with Gasteiger partial charge in [-0.3, -0.25) is 4.90 Å². The van der Waals surface area contributed by atoms with Crippen LogP contribution < -0.4 is 5.32 Å². The third-order valence-electron chi connectivity index (χ3n) is 4.12. The molecule has 21 heavy (non-hydrogen) atoms. The molecule has 1 aromatic heterocycles. The Morgan fingerprint density at radius 1 is 1.33 bits per heavy atom. The highest BCUT2D eigenvalue weighted by Gasteiger charge is 2.23. The van der Waals surface area contributed by atoms with Gasteiger partial charge in [0.1, 0.15) is 5.82 Å². The second kappa shape index (κ2) is 7.97. The molecule has 2 rings (SSSR count). The van der Waals surface area contributed by atoms with Gasteiger partial charge in [-0.05, 0) is 45.5 Å². The summed E-state index contributed by atoms with van der Waals surface area (Å²) in [7, 11) is 2.21. The van der Waals surface area contributed by atoms with Crippen molar-refractivity contribution >= 4 is 17.4 Å². The number of nitrogens with one attached hydrogen (secondary N) is 1. The first-order valence-corrected chi connectivity index (χ1v) is 8.33. The predicted molar refractivity (Wildman–Crippen MR) is 90.0 cm³/mol. The maximum atomic E-state index is 6.35. The molecule has 0 spiro atoms. The fourth-order valence-corrected chi connectivity index (χ4v) is 3.12. The van der Waals surface area contributed by atoms with Crippen molar-refractivity contribution in [3.63, 3.8) is 0 Å². The van der Waals surface area contributed by atoms with Crippen LogP contribution in [0.3, 0.4) is 0 Å². The van der Waals surface area contributed by atoms with Crippen LogP contribution in [0.1, 0.15) is 32.4 Å². The van der Waals surface area contributed by atoms with Crippen LogP contribution in [0, 0.1) is 0 Å². The summed E-state index contributed by atoms with van der Waals surface area (Å²) in [5.41, 5.74) is 0.984. The molecule has 1 aliphatic heterocycles. The van der Waals surface area contributed by atoms with Gasteiger partial charge in [0, 0.05) is 32.2 Å². The first kappa shape index (κ1) is 16.5. The van der Waals surface area contributed by atoms with Gasteiger partial charge in [-0.15, -0.1) is 0 Å². The summed E-state index contributed by atoms with van der Waals surface area (Å²) >= 11 is 6.35. The van der Waals surface area contributed by atoms with Gasteiger partial charge in [0.2, 0.25) is 0 Å². The van der Waals surface area contributed by atoms with Crippen molar-refractivity contribution < 1.29 is 0 Å². The zero-order valence-corrected chi connectivity index (χ0v) is 14.2. The number of aromatic nitrogens is 1. The minimum Gasteiger partial charge on any atom is -0.370 e. The van der Waals surface area contributed by atoms with Gasteiger partial charge in [0.05, 0.1) is 10.7 Å². The molecule has 1 atom stereocenters. The van der Waals surface area contributed by atoms with Crippen LogP contribution in [-0.4, -0.2) is 54.1 Å². The van der Waals surface area contributed by atoms with Gasteiger partial charge < -0.3 is 10.2 Å². The van der Waals surface area contributed by atoms with E-state index in [9.17, 15) is 0 Å². The molecular weight excluding hydrogens is 284 g/mol. The van der Waals surface area contributed by atoms with Crippen LogP contribution >= 0.6 is 11.6 Å². The lowest BCUT2D eigenvalue weighted by Crippen LogP contribution is -2.39. The zero-order chi connectivity index (χ0) is 15.2. The van der Waals surface area contributed by atoms with E-state index in [0.29, 0.717) is 6.04 Å². The standard InChI is InChI=1S/C16H27ClN4/c1-4-13-11-20(3)9-6-10-21(13)12-15-14(17)7-8-16(19-15)18-5-2/h7-8,13H,4-6,9-12H2,1-3H3,(H,18,19). The summed E-state index contributed by atoms with van der Waals surface area (Å²) in [5, 5.41) is 4.03. The Labute approximate surface area is 133 Å². The third kappa shape index (κ3) is 4.56. The Hall–Kier alpha value is -0.840. The summed E-state index contributed by atoms with van der Waals surface area (Å²) in [5.74, 6) is 0.914. The molecule has 0 amide bonds. The number of hydrogen-bond donors (Lipinski definition) is 1. The highest BCUT2D eigenvalue weighted by molar-refractivity contribution is 6.31. The Morgan fingerprint density at radius 2 is 2.14 bits per heavy atom. The highest BCUT2D eigenvalue weighted by atomic mass is 35.5. The Balaban J connectivity index is 2.13. The number of anilines is 1. The van der Waals surface area contributed by atoms with Gasteiger partial charge in [-0.2, -0.15) is 0 Å². The van der Waals surface area contributed by atoms with E-state index in [4.69, 9.17) is 11.6 Å². The Bertz CT molecular complexity index is 452. The van der Waals surface area contributed by atoms with Gasteiger partial charge in [-0.1, -0.05) is 18.5 Å². The van der Waals surface area contributed by atoms with Crippen molar-refractivity contribution in [3.8, 4) is 0 Å². The van der Waals surface area contributed by atoms with Gasteiger partial charge >= 0.3 is 0 Å². The first-order chi connectivity index (χ1) is 10.1. The van der Waals surface area contributed by atoms with E-state index in [1.807, 2.05) is 12.1 Å². The normalized spacial score (nSPS) is 21.2. The fourth-order valence-electron chi connectivity index (χ4n) is 2.96. The number of rotatable bonds is 5. The predicted octanol–water partition coefficient (Wildman–Crippen LogP) is 3.08. The molecule has 0 bridgehead atoms. The van der Waals surface area contributed by atoms with Crippen molar-refractivity contribution in [2.75, 3.05) is 38.5 Å². The number of pyridine rings is 1. The maximum absolute atomic E-state index is 6.35. The zero-order valence-electron chi connectivity index (χ0n) is 13.4. The summed E-state index contributed by atoms with van der Waals surface area (Å²) in [6.45, 7) is 9.47. The number of likely N-dealkylation sites (N-methyl/N-ethyl adjacent to an activating group) is 1. The minimum atomic E-state index is 0.582. The lowest BCUT2D eigenvalue weighted by molar-refractivity contribution is 0.174. The molecule has 1 aliphatic rings. The molecule has 1 saturated heterocycles. The monoisotopic (exact) mass is 310 g/mol. The van der Waals surface area contributed by atoms with E-state index in [-0.39, 0.29) is 0 Å². The molecule has 0 saturated carbocycles.